The van der Waals surface area contributed by atoms with E-state index in [-0.39, 0.29) is 11.9 Å². The Morgan fingerprint density at radius 2 is 2.00 bits per heavy atom. The summed E-state index contributed by atoms with van der Waals surface area (Å²) < 4.78 is 10.6. The summed E-state index contributed by atoms with van der Waals surface area (Å²) >= 11 is 0. The fourth-order valence-corrected chi connectivity index (χ4v) is 2.56. The van der Waals surface area contributed by atoms with Crippen LogP contribution in [0.2, 0.25) is 0 Å². The molecule has 0 radical (unpaired) electrons. The lowest BCUT2D eigenvalue weighted by Gasteiger charge is -2.27. The smallest absolute Gasteiger partial charge is 0.289 e. The number of aromatic nitrogens is 2. The summed E-state index contributed by atoms with van der Waals surface area (Å²) in [4.78, 5) is 18.8. The van der Waals surface area contributed by atoms with E-state index in [2.05, 4.69) is 10.1 Å². The summed E-state index contributed by atoms with van der Waals surface area (Å²) in [6.07, 6.45) is 2.86. The Kier molecular flexibility index (Phi) is 5.28. The predicted molar refractivity (Wildman–Crippen MR) is 92.9 cm³/mol. The number of amides is 1. The Morgan fingerprint density at radius 3 is 2.68 bits per heavy atom. The number of carbonyl (C=O) groups excluding carboxylic acids is 1. The van der Waals surface area contributed by atoms with Crippen LogP contribution in [0.3, 0.4) is 0 Å². The van der Waals surface area contributed by atoms with Gasteiger partial charge in [-0.3, -0.25) is 4.79 Å². The first-order valence-corrected chi connectivity index (χ1v) is 8.41. The third-order valence-electron chi connectivity index (χ3n) is 4.18. The van der Waals surface area contributed by atoms with Crippen molar-refractivity contribution < 1.29 is 13.7 Å². The quantitative estimate of drug-likeness (QED) is 0.654. The summed E-state index contributed by atoms with van der Waals surface area (Å²) in [5.41, 5.74) is 0.906. The highest BCUT2D eigenvalue weighted by Gasteiger charge is 2.23. The van der Waals surface area contributed by atoms with Crippen molar-refractivity contribution in [1.29, 1.82) is 0 Å². The molecule has 3 aromatic rings. The number of nitrogens with zero attached hydrogens (tertiary/aromatic N) is 3. The molecule has 0 spiro atoms. The molecule has 2 aromatic heterocycles. The van der Waals surface area contributed by atoms with E-state index in [0.717, 1.165) is 12.0 Å². The standard InChI is InChI=1S/C19H21N3O3/c1-3-14(2)22(19(23)16-10-7-13-24-16)12-11-17-20-18(21-25-17)15-8-5-4-6-9-15/h4-10,13-14H,3,11-12H2,1-2H3. The molecule has 1 unspecified atom stereocenters. The van der Waals surface area contributed by atoms with E-state index >= 15 is 0 Å². The van der Waals surface area contributed by atoms with E-state index in [0.29, 0.717) is 30.4 Å². The van der Waals surface area contributed by atoms with Crippen molar-refractivity contribution in [2.24, 2.45) is 0 Å². The molecule has 0 bridgehead atoms. The first kappa shape index (κ1) is 17.0. The lowest BCUT2D eigenvalue weighted by Crippen LogP contribution is -2.39. The topological polar surface area (TPSA) is 72.4 Å². The third-order valence-corrected chi connectivity index (χ3v) is 4.18. The normalized spacial score (nSPS) is 12.1. The van der Waals surface area contributed by atoms with Crippen LogP contribution in [0.1, 0.15) is 36.7 Å². The molecule has 0 saturated heterocycles. The maximum Gasteiger partial charge on any atom is 0.289 e. The second kappa shape index (κ2) is 7.79. The largest absolute Gasteiger partial charge is 0.459 e. The summed E-state index contributed by atoms with van der Waals surface area (Å²) in [5.74, 6) is 1.29. The van der Waals surface area contributed by atoms with Crippen molar-refractivity contribution in [3.8, 4) is 11.4 Å². The van der Waals surface area contributed by atoms with Gasteiger partial charge in [0, 0.05) is 24.6 Å². The molecule has 6 heteroatoms. The zero-order chi connectivity index (χ0) is 17.6. The number of hydrogen-bond acceptors (Lipinski definition) is 5. The van der Waals surface area contributed by atoms with Gasteiger partial charge in [0.05, 0.1) is 6.26 Å². The van der Waals surface area contributed by atoms with Crippen LogP contribution in [0.5, 0.6) is 0 Å². The highest BCUT2D eigenvalue weighted by Crippen LogP contribution is 2.16. The molecule has 0 N–H and O–H groups in total. The SMILES string of the molecule is CCC(C)N(CCc1nc(-c2ccccc2)no1)C(=O)c1ccco1. The molecular weight excluding hydrogens is 318 g/mol. The van der Waals surface area contributed by atoms with Crippen LogP contribution in [0, 0.1) is 0 Å². The molecular formula is C19H21N3O3. The highest BCUT2D eigenvalue weighted by molar-refractivity contribution is 5.91. The average Bonchev–Trinajstić information content (AvgIpc) is 3.34. The van der Waals surface area contributed by atoms with Gasteiger partial charge >= 0.3 is 0 Å². The summed E-state index contributed by atoms with van der Waals surface area (Å²) in [6, 6.07) is 13.1. The molecule has 1 atom stereocenters. The number of benzene rings is 1. The van der Waals surface area contributed by atoms with Crippen molar-refractivity contribution in [1.82, 2.24) is 15.0 Å². The minimum Gasteiger partial charge on any atom is -0.459 e. The van der Waals surface area contributed by atoms with Gasteiger partial charge in [-0.1, -0.05) is 42.4 Å². The number of rotatable bonds is 7. The molecule has 0 fully saturated rings. The summed E-state index contributed by atoms with van der Waals surface area (Å²) in [5, 5.41) is 4.02. The molecule has 6 nitrogen and oxygen atoms in total. The van der Waals surface area contributed by atoms with Crippen LogP contribution in [-0.2, 0) is 6.42 Å². The molecule has 0 aliphatic heterocycles. The molecule has 0 aliphatic carbocycles. The monoisotopic (exact) mass is 339 g/mol. The van der Waals surface area contributed by atoms with Crippen molar-refractivity contribution in [2.75, 3.05) is 6.54 Å². The van der Waals surface area contributed by atoms with Gasteiger partial charge in [0.1, 0.15) is 0 Å². The maximum absolute atomic E-state index is 12.6. The van der Waals surface area contributed by atoms with Crippen LogP contribution in [0.15, 0.2) is 57.7 Å². The Hall–Kier alpha value is -2.89. The van der Waals surface area contributed by atoms with E-state index in [9.17, 15) is 4.79 Å². The van der Waals surface area contributed by atoms with E-state index in [4.69, 9.17) is 8.94 Å². The Balaban J connectivity index is 1.69. The van der Waals surface area contributed by atoms with Crippen LogP contribution < -0.4 is 0 Å². The highest BCUT2D eigenvalue weighted by atomic mass is 16.5. The Labute approximate surface area is 146 Å². The van der Waals surface area contributed by atoms with Gasteiger partial charge in [-0.2, -0.15) is 4.98 Å². The van der Waals surface area contributed by atoms with Gasteiger partial charge in [0.25, 0.3) is 5.91 Å². The summed E-state index contributed by atoms with van der Waals surface area (Å²) in [6.45, 7) is 4.56. The lowest BCUT2D eigenvalue weighted by molar-refractivity contribution is 0.0654. The van der Waals surface area contributed by atoms with Crippen LogP contribution in [0.4, 0.5) is 0 Å². The van der Waals surface area contributed by atoms with E-state index in [1.807, 2.05) is 44.2 Å². The molecule has 0 aliphatic rings. The van der Waals surface area contributed by atoms with Gasteiger partial charge in [-0.25, -0.2) is 0 Å². The molecule has 0 saturated carbocycles. The lowest BCUT2D eigenvalue weighted by atomic mass is 10.2. The second-order valence-electron chi connectivity index (χ2n) is 5.86. The van der Waals surface area contributed by atoms with Crippen molar-refractivity contribution in [3.63, 3.8) is 0 Å². The predicted octanol–water partition coefficient (Wildman–Crippen LogP) is 3.81. The van der Waals surface area contributed by atoms with Crippen molar-refractivity contribution in [3.05, 3.63) is 60.4 Å². The maximum atomic E-state index is 12.6. The fourth-order valence-electron chi connectivity index (χ4n) is 2.56. The van der Waals surface area contributed by atoms with Crippen molar-refractivity contribution in [2.45, 2.75) is 32.7 Å². The Bertz CT molecular complexity index is 796. The minimum atomic E-state index is -0.123. The first-order chi connectivity index (χ1) is 12.2. The second-order valence-corrected chi connectivity index (χ2v) is 5.86. The van der Waals surface area contributed by atoms with E-state index in [1.54, 1.807) is 17.0 Å². The third kappa shape index (κ3) is 3.96. The summed E-state index contributed by atoms with van der Waals surface area (Å²) in [7, 11) is 0. The molecule has 25 heavy (non-hydrogen) atoms. The molecule has 1 amide bonds. The van der Waals surface area contributed by atoms with E-state index in [1.165, 1.54) is 6.26 Å². The first-order valence-electron chi connectivity index (χ1n) is 8.41. The number of hydrogen-bond donors (Lipinski definition) is 0. The van der Waals surface area contributed by atoms with Crippen LogP contribution in [-0.4, -0.2) is 33.5 Å². The van der Waals surface area contributed by atoms with Gasteiger partial charge in [0.2, 0.25) is 11.7 Å². The zero-order valence-corrected chi connectivity index (χ0v) is 14.4. The zero-order valence-electron chi connectivity index (χ0n) is 14.4. The Morgan fingerprint density at radius 1 is 1.20 bits per heavy atom. The van der Waals surface area contributed by atoms with Crippen molar-refractivity contribution >= 4 is 5.91 Å². The van der Waals surface area contributed by atoms with Gasteiger partial charge in [0.15, 0.2) is 5.76 Å². The van der Waals surface area contributed by atoms with Gasteiger partial charge in [-0.15, -0.1) is 0 Å². The molecule has 130 valence electrons. The number of furan rings is 1. The van der Waals surface area contributed by atoms with Gasteiger partial charge < -0.3 is 13.8 Å². The van der Waals surface area contributed by atoms with E-state index < -0.39 is 0 Å². The minimum absolute atomic E-state index is 0.0918. The van der Waals surface area contributed by atoms with Crippen LogP contribution in [0.25, 0.3) is 11.4 Å². The molecule has 3 rings (SSSR count). The average molecular weight is 339 g/mol. The van der Waals surface area contributed by atoms with Crippen LogP contribution >= 0.6 is 0 Å². The number of carbonyl (C=O) groups is 1. The molecule has 1 aromatic carbocycles. The van der Waals surface area contributed by atoms with Gasteiger partial charge in [-0.05, 0) is 25.5 Å². The fraction of sp³-hybridized carbons (Fsp3) is 0.316. The molecule has 2 heterocycles.